The lowest BCUT2D eigenvalue weighted by molar-refractivity contribution is 0.164. The molecule has 1 atom stereocenters. The molecule has 2 amide bonds. The molecule has 0 radical (unpaired) electrons. The van der Waals surface area contributed by atoms with Crippen LogP contribution in [0, 0.1) is 5.92 Å². The van der Waals surface area contributed by atoms with E-state index in [1.54, 1.807) is 4.90 Å². The molecule has 0 spiro atoms. The van der Waals surface area contributed by atoms with Crippen LogP contribution in [0.4, 0.5) is 16.2 Å². The molecule has 3 aromatic carbocycles. The molecule has 0 saturated heterocycles. The van der Waals surface area contributed by atoms with Gasteiger partial charge in [-0.05, 0) is 84.9 Å². The Labute approximate surface area is 202 Å². The Bertz CT molecular complexity index is 1120. The highest BCUT2D eigenvalue weighted by Gasteiger charge is 2.28. The van der Waals surface area contributed by atoms with Gasteiger partial charge >= 0.3 is 6.03 Å². The highest BCUT2D eigenvalue weighted by Crippen LogP contribution is 2.39. The van der Waals surface area contributed by atoms with E-state index in [2.05, 4.69) is 42.6 Å². The van der Waals surface area contributed by atoms with Crippen LogP contribution in [0.3, 0.4) is 0 Å². The number of urea groups is 1. The van der Waals surface area contributed by atoms with E-state index in [1.165, 1.54) is 37.7 Å². The molecular weight excluding hydrogens is 420 g/mol. The third-order valence-electron chi connectivity index (χ3n) is 7.71. The van der Waals surface area contributed by atoms with Crippen LogP contribution in [-0.4, -0.2) is 17.7 Å². The second-order valence-corrected chi connectivity index (χ2v) is 9.77. The van der Waals surface area contributed by atoms with Crippen LogP contribution < -0.4 is 10.2 Å². The Kier molecular flexibility index (Phi) is 6.68. The lowest BCUT2D eigenvalue weighted by atomic mass is 9.77. The summed E-state index contributed by atoms with van der Waals surface area (Å²) in [7, 11) is 0. The van der Waals surface area contributed by atoms with Crippen LogP contribution in [-0.2, 0) is 0 Å². The molecule has 4 heteroatoms. The quantitative estimate of drug-likeness (QED) is 0.428. The molecule has 2 N–H and O–H groups in total. The van der Waals surface area contributed by atoms with Crippen LogP contribution in [0.5, 0.6) is 0 Å². The predicted octanol–water partition coefficient (Wildman–Crippen LogP) is 7.51. The highest BCUT2D eigenvalue weighted by molar-refractivity contribution is 6.02. The lowest BCUT2D eigenvalue weighted by Crippen LogP contribution is -2.39. The molecule has 2 aliphatic rings. The summed E-state index contributed by atoms with van der Waals surface area (Å²) in [5.74, 6) is 1.59. The van der Waals surface area contributed by atoms with E-state index < -0.39 is 6.10 Å². The molecule has 176 valence electrons. The third-order valence-corrected chi connectivity index (χ3v) is 7.71. The first-order chi connectivity index (χ1) is 16.6. The number of anilines is 2. The number of aliphatic hydroxyl groups is 1. The van der Waals surface area contributed by atoms with E-state index in [-0.39, 0.29) is 6.03 Å². The van der Waals surface area contributed by atoms with E-state index in [0.29, 0.717) is 18.9 Å². The number of hydrogen-bond donors (Lipinski definition) is 2. The molecule has 1 aliphatic heterocycles. The van der Waals surface area contributed by atoms with E-state index in [4.69, 9.17) is 0 Å². The number of carbonyl (C=O) groups is 1. The van der Waals surface area contributed by atoms with Gasteiger partial charge in [-0.25, -0.2) is 4.79 Å². The van der Waals surface area contributed by atoms with Crippen molar-refractivity contribution in [2.24, 2.45) is 5.92 Å². The maximum absolute atomic E-state index is 13.0. The summed E-state index contributed by atoms with van der Waals surface area (Å²) in [4.78, 5) is 14.7. The standard InChI is InChI=1S/C30H34N2O2/c1-2-21-8-10-22(11-9-21)23-12-14-24(15-13-23)25-16-17-28-27(20-25)29(33)18-19-32(28)30(34)31-26-6-4-3-5-7-26/h3-7,12-17,20-22,29,33H,2,8-11,18-19H2,1H3,(H,31,34). The zero-order chi connectivity index (χ0) is 23.5. The summed E-state index contributed by atoms with van der Waals surface area (Å²) >= 11 is 0. The molecule has 4 nitrogen and oxygen atoms in total. The van der Waals surface area contributed by atoms with Crippen molar-refractivity contribution >= 4 is 17.4 Å². The summed E-state index contributed by atoms with van der Waals surface area (Å²) in [6.45, 7) is 2.80. The van der Waals surface area contributed by atoms with Gasteiger partial charge in [-0.1, -0.05) is 61.9 Å². The molecule has 3 aromatic rings. The fourth-order valence-electron chi connectivity index (χ4n) is 5.55. The molecule has 1 aliphatic carbocycles. The number of hydrogen-bond acceptors (Lipinski definition) is 2. The minimum absolute atomic E-state index is 0.172. The first-order valence-electron chi connectivity index (χ1n) is 12.7. The normalized spacial score (nSPS) is 22.2. The summed E-state index contributed by atoms with van der Waals surface area (Å²) in [5.41, 5.74) is 6.02. The Morgan fingerprint density at radius 2 is 1.62 bits per heavy atom. The van der Waals surface area contributed by atoms with Gasteiger partial charge in [0, 0.05) is 17.8 Å². The SMILES string of the molecule is CCC1CCC(c2ccc(-c3ccc4c(c3)C(O)CCN4C(=O)Nc3ccccc3)cc2)CC1. The molecular formula is C30H34N2O2. The molecule has 1 heterocycles. The second kappa shape index (κ2) is 10.0. The van der Waals surface area contributed by atoms with Crippen LogP contribution >= 0.6 is 0 Å². The molecule has 0 bridgehead atoms. The minimum atomic E-state index is -0.566. The molecule has 1 fully saturated rings. The number of para-hydroxylation sites is 1. The summed E-state index contributed by atoms with van der Waals surface area (Å²) < 4.78 is 0. The summed E-state index contributed by atoms with van der Waals surface area (Å²) in [6, 6.07) is 24.3. The fraction of sp³-hybridized carbons (Fsp3) is 0.367. The van der Waals surface area contributed by atoms with Gasteiger partial charge < -0.3 is 10.4 Å². The van der Waals surface area contributed by atoms with Crippen molar-refractivity contribution in [3.8, 4) is 11.1 Å². The van der Waals surface area contributed by atoms with Gasteiger partial charge in [0.05, 0.1) is 11.8 Å². The zero-order valence-electron chi connectivity index (χ0n) is 19.9. The van der Waals surface area contributed by atoms with Gasteiger partial charge in [-0.2, -0.15) is 0 Å². The maximum atomic E-state index is 13.0. The second-order valence-electron chi connectivity index (χ2n) is 9.77. The van der Waals surface area contributed by atoms with Crippen LogP contribution in [0.2, 0.25) is 0 Å². The Hall–Kier alpha value is -3.11. The van der Waals surface area contributed by atoms with Crippen molar-refractivity contribution in [3.63, 3.8) is 0 Å². The maximum Gasteiger partial charge on any atom is 0.326 e. The first-order valence-corrected chi connectivity index (χ1v) is 12.7. The predicted molar refractivity (Wildman–Crippen MR) is 139 cm³/mol. The van der Waals surface area contributed by atoms with Gasteiger partial charge in [-0.3, -0.25) is 4.90 Å². The minimum Gasteiger partial charge on any atom is -0.388 e. The smallest absolute Gasteiger partial charge is 0.326 e. The fourth-order valence-corrected chi connectivity index (χ4v) is 5.55. The van der Waals surface area contributed by atoms with E-state index in [1.807, 2.05) is 42.5 Å². The highest BCUT2D eigenvalue weighted by atomic mass is 16.3. The third kappa shape index (κ3) is 4.74. The largest absolute Gasteiger partial charge is 0.388 e. The number of carbonyl (C=O) groups excluding carboxylic acids is 1. The van der Waals surface area contributed by atoms with Gasteiger partial charge in [0.1, 0.15) is 0 Å². The van der Waals surface area contributed by atoms with Crippen LogP contribution in [0.15, 0.2) is 72.8 Å². The number of aliphatic hydroxyl groups excluding tert-OH is 1. The molecule has 1 unspecified atom stereocenters. The summed E-state index contributed by atoms with van der Waals surface area (Å²) in [5, 5.41) is 13.7. The number of nitrogens with zero attached hydrogens (tertiary/aromatic N) is 1. The average Bonchev–Trinajstić information content (AvgIpc) is 2.89. The number of benzene rings is 3. The van der Waals surface area contributed by atoms with Gasteiger partial charge in [0.2, 0.25) is 0 Å². The van der Waals surface area contributed by atoms with Crippen LogP contribution in [0.1, 0.15) is 68.6 Å². The van der Waals surface area contributed by atoms with Crippen molar-refractivity contribution in [1.29, 1.82) is 0 Å². The summed E-state index contributed by atoms with van der Waals surface area (Å²) in [6.07, 6.45) is 6.55. The van der Waals surface area contributed by atoms with Gasteiger partial charge in [0.25, 0.3) is 0 Å². The van der Waals surface area contributed by atoms with E-state index >= 15 is 0 Å². The van der Waals surface area contributed by atoms with Gasteiger partial charge in [-0.15, -0.1) is 0 Å². The van der Waals surface area contributed by atoms with E-state index in [0.717, 1.165) is 34.0 Å². The van der Waals surface area contributed by atoms with Gasteiger partial charge in [0.15, 0.2) is 0 Å². The first kappa shape index (κ1) is 22.7. The average molecular weight is 455 g/mol. The van der Waals surface area contributed by atoms with Crippen LogP contribution in [0.25, 0.3) is 11.1 Å². The van der Waals surface area contributed by atoms with Crippen molar-refractivity contribution in [2.75, 3.05) is 16.8 Å². The Morgan fingerprint density at radius 1 is 0.912 bits per heavy atom. The molecule has 34 heavy (non-hydrogen) atoms. The Morgan fingerprint density at radius 3 is 2.32 bits per heavy atom. The van der Waals surface area contributed by atoms with Crippen molar-refractivity contribution in [1.82, 2.24) is 0 Å². The number of nitrogens with one attached hydrogen (secondary N) is 1. The van der Waals surface area contributed by atoms with Crippen molar-refractivity contribution in [3.05, 3.63) is 83.9 Å². The molecule has 0 aromatic heterocycles. The number of fused-ring (bicyclic) bond motifs is 1. The van der Waals surface area contributed by atoms with Crippen molar-refractivity contribution in [2.45, 2.75) is 57.5 Å². The molecule has 5 rings (SSSR count). The molecule has 1 saturated carbocycles. The Balaban J connectivity index is 1.34. The van der Waals surface area contributed by atoms with E-state index in [9.17, 15) is 9.90 Å². The topological polar surface area (TPSA) is 52.6 Å². The van der Waals surface area contributed by atoms with Crippen molar-refractivity contribution < 1.29 is 9.90 Å². The number of amides is 2. The lowest BCUT2D eigenvalue weighted by Gasteiger charge is -2.32. The zero-order valence-corrected chi connectivity index (χ0v) is 19.9. The monoisotopic (exact) mass is 454 g/mol. The number of rotatable bonds is 4.